The van der Waals surface area contributed by atoms with Gasteiger partial charge in [0.1, 0.15) is 16.9 Å². The van der Waals surface area contributed by atoms with E-state index in [2.05, 4.69) is 64.2 Å². The summed E-state index contributed by atoms with van der Waals surface area (Å²) in [5, 5.41) is 4.98. The van der Waals surface area contributed by atoms with Gasteiger partial charge in [0, 0.05) is 53.3 Å². The molecule has 0 unspecified atom stereocenters. The zero-order valence-corrected chi connectivity index (χ0v) is 20.6. The molecule has 186 valence electrons. The maximum Gasteiger partial charge on any atom is 0.256 e. The average molecular weight is 501 g/mol. The van der Waals surface area contributed by atoms with Crippen molar-refractivity contribution in [2.45, 2.75) is 13.3 Å². The zero-order valence-electron chi connectivity index (χ0n) is 20.6. The molecular formula is C30H24N6O2. The lowest BCUT2D eigenvalue weighted by molar-refractivity contribution is 0.100. The van der Waals surface area contributed by atoms with Gasteiger partial charge in [0.05, 0.1) is 0 Å². The molecule has 0 aliphatic carbocycles. The van der Waals surface area contributed by atoms with Crippen molar-refractivity contribution in [3.63, 3.8) is 0 Å². The van der Waals surface area contributed by atoms with Gasteiger partial charge in [-0.15, -0.1) is 5.10 Å². The fourth-order valence-electron chi connectivity index (χ4n) is 4.12. The Morgan fingerprint density at radius 1 is 0.974 bits per heavy atom. The third kappa shape index (κ3) is 4.94. The van der Waals surface area contributed by atoms with E-state index in [4.69, 9.17) is 15.9 Å². The van der Waals surface area contributed by atoms with Crippen molar-refractivity contribution in [3.8, 4) is 23.0 Å². The Morgan fingerprint density at radius 3 is 2.47 bits per heavy atom. The van der Waals surface area contributed by atoms with Gasteiger partial charge in [-0.25, -0.2) is 9.50 Å². The summed E-state index contributed by atoms with van der Waals surface area (Å²) in [7, 11) is 0. The summed E-state index contributed by atoms with van der Waals surface area (Å²) in [5.41, 5.74) is 16.3. The number of pyridine rings is 1. The Hall–Kier alpha value is -5.42. The SMILES string of the molecule is CCc1oc2ccc(C#Cc3ccncc3)cc2c1-c1ccccc1.NC(=O)c1c(N)nn2cccnc12. The van der Waals surface area contributed by atoms with Crippen LogP contribution in [0.4, 0.5) is 5.82 Å². The summed E-state index contributed by atoms with van der Waals surface area (Å²) in [6, 6.07) is 22.0. The number of hydrogen-bond donors (Lipinski definition) is 2. The van der Waals surface area contributed by atoms with Crippen LogP contribution in [0.3, 0.4) is 0 Å². The molecule has 0 atom stereocenters. The summed E-state index contributed by atoms with van der Waals surface area (Å²) >= 11 is 0. The monoisotopic (exact) mass is 500 g/mol. The number of furan rings is 1. The van der Waals surface area contributed by atoms with Crippen molar-refractivity contribution in [1.29, 1.82) is 0 Å². The molecule has 0 aliphatic heterocycles. The standard InChI is InChI=1S/C23H17NO.C7H7N5O/c1-2-21-23(19-6-4-3-5-7-19)20-16-18(10-11-22(20)25-21)9-8-17-12-14-24-15-13-17;8-5-4(6(9)13)7-10-2-1-3-12(7)11-5/h3-7,10-16H,2H2,1H3;1-3H,(H2,8,11)(H2,9,13). The van der Waals surface area contributed by atoms with E-state index in [9.17, 15) is 4.79 Å². The summed E-state index contributed by atoms with van der Waals surface area (Å²) in [6.45, 7) is 2.12. The lowest BCUT2D eigenvalue weighted by atomic mass is 10.00. The quantitative estimate of drug-likeness (QED) is 0.334. The Labute approximate surface area is 218 Å². The highest BCUT2D eigenvalue weighted by atomic mass is 16.3. The Kier molecular flexibility index (Phi) is 6.83. The third-order valence-electron chi connectivity index (χ3n) is 5.84. The second-order valence-electron chi connectivity index (χ2n) is 8.33. The van der Waals surface area contributed by atoms with E-state index >= 15 is 0 Å². The first-order valence-corrected chi connectivity index (χ1v) is 12.0. The van der Waals surface area contributed by atoms with E-state index in [0.29, 0.717) is 5.65 Å². The molecule has 4 aromatic heterocycles. The number of primary amides is 1. The molecule has 0 aliphatic rings. The first-order chi connectivity index (χ1) is 18.5. The van der Waals surface area contributed by atoms with Crippen LogP contribution in [-0.2, 0) is 6.42 Å². The highest BCUT2D eigenvalue weighted by molar-refractivity contribution is 6.03. The molecular weight excluding hydrogens is 476 g/mol. The van der Waals surface area contributed by atoms with Crippen LogP contribution in [-0.4, -0.2) is 25.5 Å². The maximum atomic E-state index is 10.9. The van der Waals surface area contributed by atoms with Crippen molar-refractivity contribution < 1.29 is 9.21 Å². The maximum absolute atomic E-state index is 10.9. The van der Waals surface area contributed by atoms with Crippen LogP contribution in [0.5, 0.6) is 0 Å². The van der Waals surface area contributed by atoms with E-state index in [1.807, 2.05) is 30.3 Å². The molecule has 0 saturated heterocycles. The lowest BCUT2D eigenvalue weighted by Crippen LogP contribution is -2.12. The molecule has 8 heteroatoms. The van der Waals surface area contributed by atoms with E-state index in [0.717, 1.165) is 34.3 Å². The van der Waals surface area contributed by atoms with E-state index < -0.39 is 5.91 Å². The minimum Gasteiger partial charge on any atom is -0.460 e. The number of carbonyl (C=O) groups is 1. The number of nitrogens with zero attached hydrogens (tertiary/aromatic N) is 4. The highest BCUT2D eigenvalue weighted by Crippen LogP contribution is 2.35. The van der Waals surface area contributed by atoms with Crippen LogP contribution in [0.15, 0.2) is 95.9 Å². The second-order valence-corrected chi connectivity index (χ2v) is 8.33. The average Bonchev–Trinajstić information content (AvgIpc) is 3.49. The fourth-order valence-corrected chi connectivity index (χ4v) is 4.12. The van der Waals surface area contributed by atoms with Gasteiger partial charge in [0.2, 0.25) is 0 Å². The summed E-state index contributed by atoms with van der Waals surface area (Å²) in [6.07, 6.45) is 7.56. The third-order valence-corrected chi connectivity index (χ3v) is 5.84. The normalized spacial score (nSPS) is 10.4. The number of carbonyl (C=O) groups excluding carboxylic acids is 1. The van der Waals surface area contributed by atoms with Crippen LogP contribution in [0, 0.1) is 11.8 Å². The number of aromatic nitrogens is 4. The molecule has 0 saturated carbocycles. The van der Waals surface area contributed by atoms with Gasteiger partial charge in [0.25, 0.3) is 5.91 Å². The van der Waals surface area contributed by atoms with Gasteiger partial charge >= 0.3 is 0 Å². The number of anilines is 1. The molecule has 0 bridgehead atoms. The second kappa shape index (κ2) is 10.7. The molecule has 1 amide bonds. The van der Waals surface area contributed by atoms with Crippen molar-refractivity contribution in [1.82, 2.24) is 19.6 Å². The van der Waals surface area contributed by atoms with Gasteiger partial charge in [-0.2, -0.15) is 0 Å². The van der Waals surface area contributed by atoms with Gasteiger partial charge in [0.15, 0.2) is 11.5 Å². The smallest absolute Gasteiger partial charge is 0.256 e. The number of benzene rings is 2. The van der Waals surface area contributed by atoms with Crippen LogP contribution >= 0.6 is 0 Å². The van der Waals surface area contributed by atoms with Crippen LogP contribution in [0.2, 0.25) is 0 Å². The van der Waals surface area contributed by atoms with Crippen molar-refractivity contribution in [2.75, 3.05) is 5.73 Å². The number of rotatable bonds is 3. The number of fused-ring (bicyclic) bond motifs is 2. The minimum atomic E-state index is -0.619. The number of nitrogen functional groups attached to an aromatic ring is 1. The van der Waals surface area contributed by atoms with E-state index in [1.54, 1.807) is 30.9 Å². The van der Waals surface area contributed by atoms with Gasteiger partial charge in [-0.3, -0.25) is 9.78 Å². The van der Waals surface area contributed by atoms with Crippen LogP contribution < -0.4 is 11.5 Å². The fraction of sp³-hybridized carbons (Fsp3) is 0.0667. The lowest BCUT2D eigenvalue weighted by Gasteiger charge is -2.01. The zero-order chi connectivity index (χ0) is 26.5. The number of aryl methyl sites for hydroxylation is 1. The molecule has 6 aromatic rings. The molecule has 6 rings (SSSR count). The predicted octanol–water partition coefficient (Wildman–Crippen LogP) is 4.87. The van der Waals surface area contributed by atoms with Crippen molar-refractivity contribution in [3.05, 3.63) is 114 Å². The van der Waals surface area contributed by atoms with Crippen molar-refractivity contribution >= 4 is 28.3 Å². The molecule has 0 fully saturated rings. The van der Waals surface area contributed by atoms with Crippen molar-refractivity contribution in [2.24, 2.45) is 5.73 Å². The number of hydrogen-bond acceptors (Lipinski definition) is 6. The van der Waals surface area contributed by atoms with E-state index in [-0.39, 0.29) is 11.4 Å². The first kappa shape index (κ1) is 24.3. The Bertz CT molecular complexity index is 1790. The predicted molar refractivity (Wildman–Crippen MR) is 147 cm³/mol. The number of amides is 1. The Balaban J connectivity index is 0.000000190. The summed E-state index contributed by atoms with van der Waals surface area (Å²) in [5.74, 6) is 6.92. The highest BCUT2D eigenvalue weighted by Gasteiger charge is 2.16. The summed E-state index contributed by atoms with van der Waals surface area (Å²) < 4.78 is 7.48. The first-order valence-electron chi connectivity index (χ1n) is 12.0. The van der Waals surface area contributed by atoms with Gasteiger partial charge in [-0.1, -0.05) is 49.1 Å². The van der Waals surface area contributed by atoms with E-state index in [1.165, 1.54) is 15.6 Å². The van der Waals surface area contributed by atoms with Gasteiger partial charge < -0.3 is 15.9 Å². The summed E-state index contributed by atoms with van der Waals surface area (Å²) in [4.78, 5) is 18.9. The largest absolute Gasteiger partial charge is 0.460 e. The Morgan fingerprint density at radius 2 is 1.74 bits per heavy atom. The van der Waals surface area contributed by atoms with Crippen LogP contribution in [0.1, 0.15) is 34.2 Å². The minimum absolute atomic E-state index is 0.103. The molecule has 0 radical (unpaired) electrons. The molecule has 0 spiro atoms. The topological polar surface area (TPSA) is 125 Å². The molecule has 8 nitrogen and oxygen atoms in total. The number of nitrogens with two attached hydrogens (primary N) is 2. The molecule has 38 heavy (non-hydrogen) atoms. The van der Waals surface area contributed by atoms with Crippen LogP contribution in [0.25, 0.3) is 27.7 Å². The molecule has 4 N–H and O–H groups in total. The molecule has 2 aromatic carbocycles. The van der Waals surface area contributed by atoms with Gasteiger partial charge in [-0.05, 0) is 42.0 Å². The molecule has 4 heterocycles.